The minimum absolute atomic E-state index is 0.0787. The topological polar surface area (TPSA) is 99.9 Å². The van der Waals surface area contributed by atoms with Crippen LogP contribution in [0, 0.1) is 0 Å². The number of rotatable bonds is 7. The van der Waals surface area contributed by atoms with E-state index in [1.54, 1.807) is 0 Å². The van der Waals surface area contributed by atoms with Crippen molar-refractivity contribution in [2.75, 3.05) is 20.3 Å². The van der Waals surface area contributed by atoms with Gasteiger partial charge in [-0.25, -0.2) is 9.18 Å². The first-order valence-electron chi connectivity index (χ1n) is 5.68. The third kappa shape index (κ3) is 5.66. The molecule has 1 aliphatic heterocycles. The number of carbonyl (C=O) groups is 2. The quantitative estimate of drug-likeness (QED) is 0.483. The molecule has 0 aromatic rings. The predicted molar refractivity (Wildman–Crippen MR) is 62.3 cm³/mol. The van der Waals surface area contributed by atoms with Crippen molar-refractivity contribution < 1.29 is 28.2 Å². The average molecular weight is 276 g/mol. The van der Waals surface area contributed by atoms with Crippen molar-refractivity contribution in [3.05, 3.63) is 12.3 Å². The Morgan fingerprint density at radius 1 is 1.63 bits per heavy atom. The lowest BCUT2D eigenvalue weighted by Crippen LogP contribution is -2.34. The molecule has 1 aliphatic rings. The van der Waals surface area contributed by atoms with E-state index in [4.69, 9.17) is 10.5 Å². The molecule has 3 N–H and O–H groups in total. The van der Waals surface area contributed by atoms with Crippen molar-refractivity contribution in [1.82, 2.24) is 5.32 Å². The predicted octanol–water partition coefficient (Wildman–Crippen LogP) is -0.433. The highest BCUT2D eigenvalue weighted by Crippen LogP contribution is 2.31. The summed E-state index contributed by atoms with van der Waals surface area (Å²) in [5.41, 5.74) is 4.89. The lowest BCUT2D eigenvalue weighted by atomic mass is 10.2. The van der Waals surface area contributed by atoms with E-state index in [0.717, 1.165) is 6.08 Å². The molecule has 1 saturated heterocycles. The van der Waals surface area contributed by atoms with E-state index in [1.165, 1.54) is 13.3 Å². The maximum Gasteiger partial charge on any atom is 0.332 e. The summed E-state index contributed by atoms with van der Waals surface area (Å²) in [6, 6.07) is 0. The number of primary amides is 1. The number of hydrogen-bond acceptors (Lipinski definition) is 6. The molecule has 8 heteroatoms. The molecule has 7 nitrogen and oxygen atoms in total. The molecule has 1 amide bonds. The number of ether oxygens (including phenoxy) is 3. The summed E-state index contributed by atoms with van der Waals surface area (Å²) >= 11 is 0. The Hall–Kier alpha value is -1.67. The maximum atomic E-state index is 14.1. The van der Waals surface area contributed by atoms with Crippen molar-refractivity contribution in [1.29, 1.82) is 0 Å². The van der Waals surface area contributed by atoms with Gasteiger partial charge in [0.1, 0.15) is 12.8 Å². The van der Waals surface area contributed by atoms with Crippen LogP contribution in [0.1, 0.15) is 12.8 Å². The number of alkyl halides is 1. The second-order valence-corrected chi connectivity index (χ2v) is 4.02. The van der Waals surface area contributed by atoms with Gasteiger partial charge in [-0.3, -0.25) is 4.79 Å². The molecule has 0 aromatic carbocycles. The first-order valence-corrected chi connectivity index (χ1v) is 5.68. The molecule has 1 heterocycles. The Kier molecular flexibility index (Phi) is 5.71. The molecule has 0 saturated carbocycles. The molecule has 0 radical (unpaired) electrons. The third-order valence-electron chi connectivity index (χ3n) is 2.37. The van der Waals surface area contributed by atoms with Gasteiger partial charge >= 0.3 is 5.97 Å². The van der Waals surface area contributed by atoms with Gasteiger partial charge in [-0.1, -0.05) is 0 Å². The molecule has 1 rings (SSSR count). The summed E-state index contributed by atoms with van der Waals surface area (Å²) in [6.07, 6.45) is 2.24. The summed E-state index contributed by atoms with van der Waals surface area (Å²) in [6.45, 7) is -0.730. The minimum atomic E-state index is -2.03. The van der Waals surface area contributed by atoms with Gasteiger partial charge in [0.2, 0.25) is 11.8 Å². The molecular weight excluding hydrogens is 259 g/mol. The van der Waals surface area contributed by atoms with Crippen molar-refractivity contribution in [2.24, 2.45) is 5.73 Å². The van der Waals surface area contributed by atoms with Crippen molar-refractivity contribution >= 4 is 11.9 Å². The number of hydrogen-bond donors (Lipinski definition) is 2. The van der Waals surface area contributed by atoms with Crippen LogP contribution in [0.25, 0.3) is 0 Å². The van der Waals surface area contributed by atoms with E-state index in [1.807, 2.05) is 0 Å². The first kappa shape index (κ1) is 15.4. The standard InChI is InChI=1S/C11H17FN2O5/c1-17-6-10(16)18-7-11(12)4-2-9(19-11)14-5-3-8(13)15/h3,5,9,14H,2,4,6-7H2,1H3,(H2,13,15)/b5-3-/t9-,11+/m1/s1. The van der Waals surface area contributed by atoms with Crippen LogP contribution in [0.2, 0.25) is 0 Å². The van der Waals surface area contributed by atoms with Gasteiger partial charge in [0, 0.05) is 25.8 Å². The van der Waals surface area contributed by atoms with Gasteiger partial charge in [-0.2, -0.15) is 0 Å². The summed E-state index contributed by atoms with van der Waals surface area (Å²) < 4.78 is 28.3. The highest BCUT2D eigenvalue weighted by atomic mass is 19.2. The SMILES string of the molecule is COCC(=O)OC[C@]1(F)CC[C@H](N/C=C\C(N)=O)O1. The number of nitrogens with two attached hydrogens (primary N) is 1. The minimum Gasteiger partial charge on any atom is -0.458 e. The average Bonchev–Trinajstić information content (AvgIpc) is 2.69. The van der Waals surface area contributed by atoms with E-state index >= 15 is 0 Å². The number of nitrogens with one attached hydrogen (secondary N) is 1. The van der Waals surface area contributed by atoms with Gasteiger partial charge in [0.05, 0.1) is 0 Å². The lowest BCUT2D eigenvalue weighted by molar-refractivity contribution is -0.187. The third-order valence-corrected chi connectivity index (χ3v) is 2.37. The molecule has 0 spiro atoms. The molecule has 0 aliphatic carbocycles. The largest absolute Gasteiger partial charge is 0.458 e. The number of amides is 1. The maximum absolute atomic E-state index is 14.1. The molecule has 0 unspecified atom stereocenters. The van der Waals surface area contributed by atoms with E-state index in [-0.39, 0.29) is 13.0 Å². The Bertz CT molecular complexity index is 363. The Morgan fingerprint density at radius 3 is 3.00 bits per heavy atom. The van der Waals surface area contributed by atoms with Crippen LogP contribution in [-0.4, -0.2) is 44.3 Å². The van der Waals surface area contributed by atoms with Crippen molar-refractivity contribution in [3.63, 3.8) is 0 Å². The summed E-state index contributed by atoms with van der Waals surface area (Å²) in [7, 11) is 1.34. The number of carbonyl (C=O) groups excluding carboxylic acids is 2. The van der Waals surface area contributed by atoms with Crippen LogP contribution in [0.15, 0.2) is 12.3 Å². The van der Waals surface area contributed by atoms with Crippen LogP contribution in [0.3, 0.4) is 0 Å². The highest BCUT2D eigenvalue weighted by molar-refractivity contribution is 5.85. The number of halogens is 1. The summed E-state index contributed by atoms with van der Waals surface area (Å²) in [5, 5.41) is 2.67. The van der Waals surface area contributed by atoms with Crippen molar-refractivity contribution in [2.45, 2.75) is 24.9 Å². The van der Waals surface area contributed by atoms with E-state index in [9.17, 15) is 14.0 Å². The zero-order valence-corrected chi connectivity index (χ0v) is 10.6. The van der Waals surface area contributed by atoms with Crippen LogP contribution in [-0.2, 0) is 23.8 Å². The van der Waals surface area contributed by atoms with Gasteiger partial charge in [-0.15, -0.1) is 0 Å². The van der Waals surface area contributed by atoms with Gasteiger partial charge in [0.15, 0.2) is 6.61 Å². The van der Waals surface area contributed by atoms with E-state index in [0.29, 0.717) is 6.42 Å². The van der Waals surface area contributed by atoms with Crippen LogP contribution in [0.4, 0.5) is 4.39 Å². The number of methoxy groups -OCH3 is 1. The van der Waals surface area contributed by atoms with E-state index < -0.39 is 30.6 Å². The van der Waals surface area contributed by atoms with E-state index in [2.05, 4.69) is 14.8 Å². The van der Waals surface area contributed by atoms with Gasteiger partial charge < -0.3 is 25.3 Å². The molecule has 108 valence electrons. The smallest absolute Gasteiger partial charge is 0.332 e. The number of esters is 1. The second-order valence-electron chi connectivity index (χ2n) is 4.02. The molecule has 2 atom stereocenters. The van der Waals surface area contributed by atoms with Gasteiger partial charge in [0.25, 0.3) is 0 Å². The summed E-state index contributed by atoms with van der Waals surface area (Å²) in [4.78, 5) is 21.5. The Balaban J connectivity index is 2.32. The Labute approximate surface area is 109 Å². The van der Waals surface area contributed by atoms with Crippen LogP contribution in [0.5, 0.6) is 0 Å². The van der Waals surface area contributed by atoms with Crippen LogP contribution >= 0.6 is 0 Å². The fraction of sp³-hybridized carbons (Fsp3) is 0.636. The first-order chi connectivity index (χ1) is 8.95. The highest BCUT2D eigenvalue weighted by Gasteiger charge is 2.41. The normalized spacial score (nSPS) is 26.5. The fourth-order valence-electron chi connectivity index (χ4n) is 1.53. The monoisotopic (exact) mass is 276 g/mol. The van der Waals surface area contributed by atoms with Gasteiger partial charge in [-0.05, 0) is 6.42 Å². The zero-order valence-electron chi connectivity index (χ0n) is 10.6. The fourth-order valence-corrected chi connectivity index (χ4v) is 1.53. The lowest BCUT2D eigenvalue weighted by Gasteiger charge is -2.20. The molecule has 19 heavy (non-hydrogen) atoms. The van der Waals surface area contributed by atoms with Crippen molar-refractivity contribution in [3.8, 4) is 0 Å². The summed E-state index contributed by atoms with van der Waals surface area (Å²) in [5.74, 6) is -3.31. The molecular formula is C11H17FN2O5. The molecule has 0 aromatic heterocycles. The zero-order chi connectivity index (χ0) is 14.3. The Morgan fingerprint density at radius 2 is 2.37 bits per heavy atom. The second kappa shape index (κ2) is 7.05. The molecule has 0 bridgehead atoms. The molecule has 1 fully saturated rings. The van der Waals surface area contributed by atoms with Crippen LogP contribution < -0.4 is 11.1 Å².